The molecule has 0 atom stereocenters. The maximum absolute atomic E-state index is 12.4. The van der Waals surface area contributed by atoms with Gasteiger partial charge in [0.1, 0.15) is 0 Å². The summed E-state index contributed by atoms with van der Waals surface area (Å²) in [5, 5.41) is 16.5. The molecular weight excluding hydrogens is 362 g/mol. The average molecular weight is 379 g/mol. The van der Waals surface area contributed by atoms with Gasteiger partial charge in [-0.25, -0.2) is 0 Å². The molecule has 0 fully saturated rings. The van der Waals surface area contributed by atoms with Crippen LogP contribution in [0.15, 0.2) is 59.2 Å². The Bertz CT molecular complexity index is 1060. The van der Waals surface area contributed by atoms with Crippen molar-refractivity contribution in [1.29, 1.82) is 0 Å². The van der Waals surface area contributed by atoms with Gasteiger partial charge in [0.15, 0.2) is 5.76 Å². The molecule has 2 aromatic carbocycles. The zero-order valence-corrected chi connectivity index (χ0v) is 15.2. The lowest BCUT2D eigenvalue weighted by molar-refractivity contribution is -0.385. The fourth-order valence-electron chi connectivity index (χ4n) is 2.62. The van der Waals surface area contributed by atoms with Crippen LogP contribution in [0.25, 0.3) is 0 Å². The van der Waals surface area contributed by atoms with Crippen LogP contribution in [0.4, 0.5) is 17.1 Å². The summed E-state index contributed by atoms with van der Waals surface area (Å²) < 4.78 is 5.05. The van der Waals surface area contributed by atoms with E-state index in [2.05, 4.69) is 10.6 Å². The van der Waals surface area contributed by atoms with Gasteiger partial charge in [-0.15, -0.1) is 0 Å². The molecule has 2 N–H and O–H groups in total. The van der Waals surface area contributed by atoms with E-state index in [1.165, 1.54) is 24.5 Å². The molecule has 1 heterocycles. The van der Waals surface area contributed by atoms with Gasteiger partial charge >= 0.3 is 0 Å². The Morgan fingerprint density at radius 2 is 1.75 bits per heavy atom. The molecule has 142 valence electrons. The van der Waals surface area contributed by atoms with Gasteiger partial charge in [-0.2, -0.15) is 0 Å². The van der Waals surface area contributed by atoms with Crippen LogP contribution in [0.5, 0.6) is 0 Å². The first kappa shape index (κ1) is 18.8. The second-order valence-electron chi connectivity index (χ2n) is 6.17. The van der Waals surface area contributed by atoms with E-state index < -0.39 is 10.8 Å². The SMILES string of the molecule is Cc1cc(NC(=O)c2ccc(C)c([N+](=O)[O-])c2)ccc1NC(=O)c1ccco1. The second-order valence-corrected chi connectivity index (χ2v) is 6.17. The minimum Gasteiger partial charge on any atom is -0.459 e. The number of nitrogens with one attached hydrogen (secondary N) is 2. The third kappa shape index (κ3) is 4.07. The standard InChI is InChI=1S/C20H17N3O5/c1-12-5-6-14(11-17(12)23(26)27)19(24)21-15-7-8-16(13(2)10-15)22-20(25)18-4-3-9-28-18/h3-11H,1-2H3,(H,21,24)(H,22,25). The third-order valence-electron chi connectivity index (χ3n) is 4.15. The summed E-state index contributed by atoms with van der Waals surface area (Å²) >= 11 is 0. The zero-order chi connectivity index (χ0) is 20.3. The lowest BCUT2D eigenvalue weighted by atomic mass is 10.1. The maximum atomic E-state index is 12.4. The lowest BCUT2D eigenvalue weighted by Gasteiger charge is -2.11. The van der Waals surface area contributed by atoms with Crippen molar-refractivity contribution in [2.45, 2.75) is 13.8 Å². The molecule has 1 aromatic heterocycles. The number of nitrogens with zero attached hydrogens (tertiary/aromatic N) is 1. The van der Waals surface area contributed by atoms with Crippen molar-refractivity contribution in [3.63, 3.8) is 0 Å². The van der Waals surface area contributed by atoms with E-state index >= 15 is 0 Å². The van der Waals surface area contributed by atoms with Crippen LogP contribution in [-0.4, -0.2) is 16.7 Å². The molecule has 0 saturated carbocycles. The molecule has 3 rings (SSSR count). The van der Waals surface area contributed by atoms with Gasteiger partial charge in [-0.1, -0.05) is 6.07 Å². The van der Waals surface area contributed by atoms with Gasteiger partial charge in [0.05, 0.1) is 11.2 Å². The van der Waals surface area contributed by atoms with Crippen molar-refractivity contribution >= 4 is 28.9 Å². The van der Waals surface area contributed by atoms with E-state index in [1.54, 1.807) is 44.2 Å². The third-order valence-corrected chi connectivity index (χ3v) is 4.15. The molecule has 0 unspecified atom stereocenters. The molecule has 0 saturated heterocycles. The normalized spacial score (nSPS) is 10.4. The van der Waals surface area contributed by atoms with Crippen LogP contribution in [0.3, 0.4) is 0 Å². The molecule has 0 spiro atoms. The number of hydrogen-bond acceptors (Lipinski definition) is 5. The van der Waals surface area contributed by atoms with Crippen LogP contribution in [0.2, 0.25) is 0 Å². The highest BCUT2D eigenvalue weighted by molar-refractivity contribution is 6.05. The number of carbonyl (C=O) groups is 2. The Labute approximate surface area is 160 Å². The number of rotatable bonds is 5. The number of anilines is 2. The number of hydrogen-bond donors (Lipinski definition) is 2. The monoisotopic (exact) mass is 379 g/mol. The lowest BCUT2D eigenvalue weighted by Crippen LogP contribution is -2.14. The summed E-state index contributed by atoms with van der Waals surface area (Å²) in [5.74, 6) is -0.649. The van der Waals surface area contributed by atoms with E-state index in [-0.39, 0.29) is 22.9 Å². The van der Waals surface area contributed by atoms with Gasteiger partial charge < -0.3 is 15.1 Å². The van der Waals surface area contributed by atoms with Crippen LogP contribution >= 0.6 is 0 Å². The van der Waals surface area contributed by atoms with Crippen LogP contribution < -0.4 is 10.6 Å². The first-order valence-corrected chi connectivity index (χ1v) is 8.37. The van der Waals surface area contributed by atoms with Gasteiger partial charge in [0.2, 0.25) is 0 Å². The number of aryl methyl sites for hydroxylation is 2. The van der Waals surface area contributed by atoms with Crippen molar-refractivity contribution < 1.29 is 18.9 Å². The number of furan rings is 1. The van der Waals surface area contributed by atoms with E-state index in [9.17, 15) is 19.7 Å². The minimum absolute atomic E-state index is 0.111. The summed E-state index contributed by atoms with van der Waals surface area (Å²) in [6, 6.07) is 12.5. The van der Waals surface area contributed by atoms with Gasteiger partial charge in [-0.05, 0) is 55.8 Å². The largest absolute Gasteiger partial charge is 0.459 e. The Morgan fingerprint density at radius 1 is 0.964 bits per heavy atom. The number of carbonyl (C=O) groups excluding carboxylic acids is 2. The summed E-state index contributed by atoms with van der Waals surface area (Å²) in [5.41, 5.74) is 2.36. The minimum atomic E-state index is -0.521. The molecule has 3 aromatic rings. The summed E-state index contributed by atoms with van der Waals surface area (Å²) in [6.07, 6.45) is 1.41. The van der Waals surface area contributed by atoms with E-state index in [0.29, 0.717) is 16.9 Å². The molecular formula is C20H17N3O5. The van der Waals surface area contributed by atoms with Crippen molar-refractivity contribution in [3.05, 3.63) is 87.4 Å². The van der Waals surface area contributed by atoms with Crippen LogP contribution in [0, 0.1) is 24.0 Å². The first-order chi connectivity index (χ1) is 13.3. The predicted octanol–water partition coefficient (Wildman–Crippen LogP) is 4.31. The van der Waals surface area contributed by atoms with Crippen molar-refractivity contribution in [1.82, 2.24) is 0 Å². The topological polar surface area (TPSA) is 114 Å². The summed E-state index contributed by atoms with van der Waals surface area (Å²) in [7, 11) is 0. The Morgan fingerprint density at radius 3 is 2.39 bits per heavy atom. The highest BCUT2D eigenvalue weighted by Gasteiger charge is 2.16. The van der Waals surface area contributed by atoms with Crippen LogP contribution in [0.1, 0.15) is 32.0 Å². The van der Waals surface area contributed by atoms with E-state index in [4.69, 9.17) is 4.42 Å². The Hall–Kier alpha value is -3.94. The molecule has 8 nitrogen and oxygen atoms in total. The Balaban J connectivity index is 1.74. The van der Waals surface area contributed by atoms with Gasteiger partial charge in [0, 0.05) is 28.6 Å². The highest BCUT2D eigenvalue weighted by atomic mass is 16.6. The highest BCUT2D eigenvalue weighted by Crippen LogP contribution is 2.23. The van der Waals surface area contributed by atoms with E-state index in [1.807, 2.05) is 0 Å². The molecule has 0 aliphatic heterocycles. The molecule has 8 heteroatoms. The molecule has 0 aliphatic carbocycles. The van der Waals surface area contributed by atoms with E-state index in [0.717, 1.165) is 5.56 Å². The average Bonchev–Trinajstić information content (AvgIpc) is 3.19. The number of nitro benzene ring substituents is 1. The maximum Gasteiger partial charge on any atom is 0.291 e. The van der Waals surface area contributed by atoms with Gasteiger partial charge in [-0.3, -0.25) is 19.7 Å². The molecule has 2 amide bonds. The molecule has 28 heavy (non-hydrogen) atoms. The van der Waals surface area contributed by atoms with Crippen molar-refractivity contribution in [2.75, 3.05) is 10.6 Å². The summed E-state index contributed by atoms with van der Waals surface area (Å²) in [4.78, 5) is 35.0. The number of benzene rings is 2. The first-order valence-electron chi connectivity index (χ1n) is 8.37. The quantitative estimate of drug-likeness (QED) is 0.506. The van der Waals surface area contributed by atoms with Crippen molar-refractivity contribution in [2.24, 2.45) is 0 Å². The Kier molecular flexibility index (Phi) is 5.21. The molecule has 0 aliphatic rings. The predicted molar refractivity (Wildman–Crippen MR) is 104 cm³/mol. The van der Waals surface area contributed by atoms with Crippen LogP contribution in [-0.2, 0) is 0 Å². The zero-order valence-electron chi connectivity index (χ0n) is 15.2. The molecule has 0 radical (unpaired) electrons. The fourth-order valence-corrected chi connectivity index (χ4v) is 2.62. The number of amides is 2. The van der Waals surface area contributed by atoms with Gasteiger partial charge in [0.25, 0.3) is 17.5 Å². The smallest absolute Gasteiger partial charge is 0.291 e. The number of nitro groups is 1. The fraction of sp³-hybridized carbons (Fsp3) is 0.100. The second kappa shape index (κ2) is 7.75. The summed E-state index contributed by atoms with van der Waals surface area (Å²) in [6.45, 7) is 3.39. The molecule has 0 bridgehead atoms. The van der Waals surface area contributed by atoms with Crippen molar-refractivity contribution in [3.8, 4) is 0 Å².